The first-order chi connectivity index (χ1) is 10.8. The maximum Gasteiger partial charge on any atom is 0.410 e. The standard InChI is InChI=1S/C17H26BrN3O2/c1-17(2,3)23-16(22)21-6-4-5-20(7-8-21)15-10-13(12-19)9-14(18)11-15/h9-11H,4-8,12,19H2,1-3H3. The molecule has 0 unspecified atom stereocenters. The molecule has 1 heterocycles. The Kier molecular flexibility index (Phi) is 5.92. The number of rotatable bonds is 2. The summed E-state index contributed by atoms with van der Waals surface area (Å²) in [7, 11) is 0. The van der Waals surface area contributed by atoms with Crippen LogP contribution in [0.25, 0.3) is 0 Å². The van der Waals surface area contributed by atoms with Crippen molar-refractivity contribution in [2.75, 3.05) is 31.1 Å². The van der Waals surface area contributed by atoms with E-state index in [4.69, 9.17) is 10.5 Å². The van der Waals surface area contributed by atoms with Crippen molar-refractivity contribution in [2.24, 2.45) is 5.73 Å². The van der Waals surface area contributed by atoms with Crippen LogP contribution in [0.1, 0.15) is 32.8 Å². The Labute approximate surface area is 146 Å². The molecular formula is C17H26BrN3O2. The number of amides is 1. The van der Waals surface area contributed by atoms with Crippen LogP contribution in [0.5, 0.6) is 0 Å². The van der Waals surface area contributed by atoms with Crippen molar-refractivity contribution in [2.45, 2.75) is 39.3 Å². The third kappa shape index (κ3) is 5.39. The Bertz CT molecular complexity index is 557. The highest BCUT2D eigenvalue weighted by atomic mass is 79.9. The van der Waals surface area contributed by atoms with Gasteiger partial charge < -0.3 is 20.3 Å². The monoisotopic (exact) mass is 383 g/mol. The van der Waals surface area contributed by atoms with Crippen molar-refractivity contribution in [3.8, 4) is 0 Å². The van der Waals surface area contributed by atoms with Crippen molar-refractivity contribution in [3.63, 3.8) is 0 Å². The smallest absolute Gasteiger partial charge is 0.410 e. The van der Waals surface area contributed by atoms with E-state index in [9.17, 15) is 4.79 Å². The van der Waals surface area contributed by atoms with Gasteiger partial charge >= 0.3 is 6.09 Å². The Balaban J connectivity index is 2.04. The van der Waals surface area contributed by atoms with Gasteiger partial charge in [0, 0.05) is 42.9 Å². The number of anilines is 1. The van der Waals surface area contributed by atoms with Crippen LogP contribution in [0, 0.1) is 0 Å². The van der Waals surface area contributed by atoms with Gasteiger partial charge in [0.15, 0.2) is 0 Å². The number of benzene rings is 1. The summed E-state index contributed by atoms with van der Waals surface area (Å²) in [5.74, 6) is 0. The molecular weight excluding hydrogens is 358 g/mol. The summed E-state index contributed by atoms with van der Waals surface area (Å²) in [6.07, 6.45) is 0.695. The van der Waals surface area contributed by atoms with Gasteiger partial charge in [0.25, 0.3) is 0 Å². The van der Waals surface area contributed by atoms with Crippen molar-refractivity contribution in [1.29, 1.82) is 0 Å². The molecule has 0 bridgehead atoms. The highest BCUT2D eigenvalue weighted by Crippen LogP contribution is 2.24. The van der Waals surface area contributed by atoms with Crippen molar-refractivity contribution in [3.05, 3.63) is 28.2 Å². The first kappa shape index (κ1) is 18.1. The van der Waals surface area contributed by atoms with E-state index >= 15 is 0 Å². The average Bonchev–Trinajstić information content (AvgIpc) is 2.70. The van der Waals surface area contributed by atoms with Crippen molar-refractivity contribution >= 4 is 27.7 Å². The zero-order chi connectivity index (χ0) is 17.0. The molecule has 1 aliphatic rings. The van der Waals surface area contributed by atoms with Gasteiger partial charge in [-0.2, -0.15) is 0 Å². The molecule has 2 N–H and O–H groups in total. The number of hydrogen-bond acceptors (Lipinski definition) is 4. The number of carbonyl (C=O) groups is 1. The maximum atomic E-state index is 12.2. The van der Waals surface area contributed by atoms with Crippen LogP contribution in [0.15, 0.2) is 22.7 Å². The summed E-state index contributed by atoms with van der Waals surface area (Å²) in [4.78, 5) is 16.3. The molecule has 0 radical (unpaired) electrons. The molecule has 0 atom stereocenters. The predicted octanol–water partition coefficient (Wildman–Crippen LogP) is 3.36. The molecule has 6 heteroatoms. The molecule has 1 fully saturated rings. The number of hydrogen-bond donors (Lipinski definition) is 1. The molecule has 1 amide bonds. The van der Waals surface area contributed by atoms with Gasteiger partial charge in [0.05, 0.1) is 0 Å². The molecule has 0 spiro atoms. The fraction of sp³-hybridized carbons (Fsp3) is 0.588. The third-order valence-corrected chi connectivity index (χ3v) is 4.15. The number of nitrogens with zero attached hydrogens (tertiary/aromatic N) is 2. The average molecular weight is 384 g/mol. The van der Waals surface area contributed by atoms with E-state index < -0.39 is 5.60 Å². The normalized spacial score (nSPS) is 16.2. The zero-order valence-electron chi connectivity index (χ0n) is 14.1. The Morgan fingerprint density at radius 1 is 1.22 bits per heavy atom. The van der Waals surface area contributed by atoms with Gasteiger partial charge in [0.2, 0.25) is 0 Å². The lowest BCUT2D eigenvalue weighted by molar-refractivity contribution is 0.0263. The lowest BCUT2D eigenvalue weighted by atomic mass is 10.2. The largest absolute Gasteiger partial charge is 0.444 e. The van der Waals surface area contributed by atoms with E-state index in [0.29, 0.717) is 13.1 Å². The van der Waals surface area contributed by atoms with Gasteiger partial charge in [-0.1, -0.05) is 15.9 Å². The molecule has 5 nitrogen and oxygen atoms in total. The van der Waals surface area contributed by atoms with Crippen LogP contribution in [0.2, 0.25) is 0 Å². The van der Waals surface area contributed by atoms with E-state index in [1.165, 1.54) is 0 Å². The molecule has 1 saturated heterocycles. The van der Waals surface area contributed by atoms with Gasteiger partial charge in [-0.25, -0.2) is 4.79 Å². The van der Waals surface area contributed by atoms with Gasteiger partial charge in [-0.05, 0) is 51.0 Å². The molecule has 128 valence electrons. The second-order valence-corrected chi connectivity index (χ2v) is 7.75. The fourth-order valence-corrected chi connectivity index (χ4v) is 3.15. The molecule has 1 aliphatic heterocycles. The highest BCUT2D eigenvalue weighted by Gasteiger charge is 2.24. The molecule has 1 aromatic rings. The summed E-state index contributed by atoms with van der Waals surface area (Å²) in [6, 6.07) is 6.25. The molecule has 0 saturated carbocycles. The fourth-order valence-electron chi connectivity index (χ4n) is 2.62. The predicted molar refractivity (Wildman–Crippen MR) is 96.7 cm³/mol. The number of ether oxygens (including phenoxy) is 1. The van der Waals surface area contributed by atoms with Crippen LogP contribution < -0.4 is 10.6 Å². The SMILES string of the molecule is CC(C)(C)OC(=O)N1CCCN(c2cc(Br)cc(CN)c2)CC1. The summed E-state index contributed by atoms with van der Waals surface area (Å²) in [5, 5.41) is 0. The van der Waals surface area contributed by atoms with E-state index in [1.807, 2.05) is 26.8 Å². The summed E-state index contributed by atoms with van der Waals surface area (Å²) in [5.41, 5.74) is 7.55. The summed E-state index contributed by atoms with van der Waals surface area (Å²) >= 11 is 3.54. The second-order valence-electron chi connectivity index (χ2n) is 6.83. The van der Waals surface area contributed by atoms with Gasteiger partial charge in [-0.3, -0.25) is 0 Å². The van der Waals surface area contributed by atoms with Crippen LogP contribution in [-0.2, 0) is 11.3 Å². The van der Waals surface area contributed by atoms with E-state index in [2.05, 4.69) is 33.0 Å². The molecule has 0 aromatic heterocycles. The lowest BCUT2D eigenvalue weighted by Crippen LogP contribution is -2.39. The highest BCUT2D eigenvalue weighted by molar-refractivity contribution is 9.10. The van der Waals surface area contributed by atoms with E-state index in [-0.39, 0.29) is 6.09 Å². The van der Waals surface area contributed by atoms with Crippen LogP contribution >= 0.6 is 15.9 Å². The number of halogens is 1. The maximum absolute atomic E-state index is 12.2. The first-order valence-corrected chi connectivity index (χ1v) is 8.80. The minimum Gasteiger partial charge on any atom is -0.444 e. The van der Waals surface area contributed by atoms with Crippen LogP contribution in [0.4, 0.5) is 10.5 Å². The van der Waals surface area contributed by atoms with E-state index in [0.717, 1.165) is 41.8 Å². The zero-order valence-corrected chi connectivity index (χ0v) is 15.7. The Morgan fingerprint density at radius 3 is 2.61 bits per heavy atom. The topological polar surface area (TPSA) is 58.8 Å². The Hall–Kier alpha value is -1.27. The number of carbonyl (C=O) groups excluding carboxylic acids is 1. The first-order valence-electron chi connectivity index (χ1n) is 8.01. The lowest BCUT2D eigenvalue weighted by Gasteiger charge is -2.27. The summed E-state index contributed by atoms with van der Waals surface area (Å²) < 4.78 is 6.50. The van der Waals surface area contributed by atoms with E-state index in [1.54, 1.807) is 4.90 Å². The van der Waals surface area contributed by atoms with Gasteiger partial charge in [0.1, 0.15) is 5.60 Å². The van der Waals surface area contributed by atoms with Crippen LogP contribution in [-0.4, -0.2) is 42.8 Å². The summed E-state index contributed by atoms with van der Waals surface area (Å²) in [6.45, 7) is 9.30. The number of nitrogens with two attached hydrogens (primary N) is 1. The molecule has 23 heavy (non-hydrogen) atoms. The minimum atomic E-state index is -0.455. The third-order valence-electron chi connectivity index (χ3n) is 3.69. The molecule has 1 aromatic carbocycles. The molecule has 2 rings (SSSR count). The van der Waals surface area contributed by atoms with Crippen LogP contribution in [0.3, 0.4) is 0 Å². The van der Waals surface area contributed by atoms with Gasteiger partial charge in [-0.15, -0.1) is 0 Å². The van der Waals surface area contributed by atoms with Crippen molar-refractivity contribution in [1.82, 2.24) is 4.90 Å². The second kappa shape index (κ2) is 7.53. The van der Waals surface area contributed by atoms with Crippen molar-refractivity contribution < 1.29 is 9.53 Å². The minimum absolute atomic E-state index is 0.226. The molecule has 0 aliphatic carbocycles. The quantitative estimate of drug-likeness (QED) is 0.850. The Morgan fingerprint density at radius 2 is 1.96 bits per heavy atom.